The normalized spacial score (nSPS) is 14.8. The SMILES string of the molecule is COc1ccc2c(c1)CCN(C(=O)c1ccccc1)C2Cc1ccc(OCc2ccccc2)cc1. The molecule has 0 spiro atoms. The molecule has 1 heterocycles. The average Bonchev–Trinajstić information content (AvgIpc) is 2.93. The highest BCUT2D eigenvalue weighted by Crippen LogP contribution is 2.35. The summed E-state index contributed by atoms with van der Waals surface area (Å²) in [5, 5.41) is 0. The monoisotopic (exact) mass is 463 g/mol. The molecule has 176 valence electrons. The van der Waals surface area contributed by atoms with E-state index in [0.717, 1.165) is 41.0 Å². The minimum atomic E-state index is -0.0477. The maximum atomic E-state index is 13.5. The lowest BCUT2D eigenvalue weighted by molar-refractivity contribution is 0.0660. The van der Waals surface area contributed by atoms with Crippen LogP contribution in [0.4, 0.5) is 0 Å². The van der Waals surface area contributed by atoms with Crippen LogP contribution in [0.3, 0.4) is 0 Å². The van der Waals surface area contributed by atoms with E-state index in [1.807, 2.05) is 71.6 Å². The summed E-state index contributed by atoms with van der Waals surface area (Å²) in [7, 11) is 1.69. The van der Waals surface area contributed by atoms with Crippen LogP contribution in [0.1, 0.15) is 38.7 Å². The Morgan fingerprint density at radius 3 is 2.23 bits per heavy atom. The van der Waals surface area contributed by atoms with Gasteiger partial charge in [0.05, 0.1) is 13.2 Å². The molecule has 1 atom stereocenters. The predicted molar refractivity (Wildman–Crippen MR) is 138 cm³/mol. The third-order valence-corrected chi connectivity index (χ3v) is 6.59. The van der Waals surface area contributed by atoms with Crippen molar-refractivity contribution in [1.29, 1.82) is 0 Å². The zero-order valence-electron chi connectivity index (χ0n) is 19.9. The number of rotatable bonds is 7. The summed E-state index contributed by atoms with van der Waals surface area (Å²) >= 11 is 0. The third-order valence-electron chi connectivity index (χ3n) is 6.59. The summed E-state index contributed by atoms with van der Waals surface area (Å²) in [6.07, 6.45) is 1.55. The molecular weight excluding hydrogens is 434 g/mol. The molecule has 1 aliphatic heterocycles. The first-order valence-electron chi connectivity index (χ1n) is 12.0. The quantitative estimate of drug-likeness (QED) is 0.325. The van der Waals surface area contributed by atoms with Gasteiger partial charge in [-0.3, -0.25) is 4.79 Å². The number of fused-ring (bicyclic) bond motifs is 1. The van der Waals surface area contributed by atoms with E-state index in [1.165, 1.54) is 11.1 Å². The Bertz CT molecular complexity index is 1270. The molecular formula is C31H29NO3. The summed E-state index contributed by atoms with van der Waals surface area (Å²) in [6.45, 7) is 1.22. The van der Waals surface area contributed by atoms with Crippen LogP contribution >= 0.6 is 0 Å². The highest BCUT2D eigenvalue weighted by Gasteiger charge is 2.31. The van der Waals surface area contributed by atoms with Gasteiger partial charge >= 0.3 is 0 Å². The van der Waals surface area contributed by atoms with Crippen LogP contribution in [0.15, 0.2) is 103 Å². The van der Waals surface area contributed by atoms with Gasteiger partial charge in [-0.2, -0.15) is 0 Å². The van der Waals surface area contributed by atoms with Crippen LogP contribution < -0.4 is 9.47 Å². The first-order valence-corrected chi connectivity index (χ1v) is 12.0. The van der Waals surface area contributed by atoms with Crippen molar-refractivity contribution >= 4 is 5.91 Å². The zero-order chi connectivity index (χ0) is 24.0. The smallest absolute Gasteiger partial charge is 0.254 e. The second kappa shape index (κ2) is 10.5. The van der Waals surface area contributed by atoms with Gasteiger partial charge in [-0.05, 0) is 71.5 Å². The van der Waals surface area contributed by atoms with Crippen molar-refractivity contribution in [3.05, 3.63) is 131 Å². The zero-order valence-corrected chi connectivity index (χ0v) is 19.9. The van der Waals surface area contributed by atoms with E-state index in [0.29, 0.717) is 13.2 Å². The van der Waals surface area contributed by atoms with E-state index in [4.69, 9.17) is 9.47 Å². The van der Waals surface area contributed by atoms with E-state index in [-0.39, 0.29) is 11.9 Å². The van der Waals surface area contributed by atoms with Gasteiger partial charge < -0.3 is 14.4 Å². The minimum Gasteiger partial charge on any atom is -0.497 e. The number of carbonyl (C=O) groups excluding carboxylic acids is 1. The first-order chi connectivity index (χ1) is 17.2. The van der Waals surface area contributed by atoms with Gasteiger partial charge in [-0.1, -0.05) is 66.7 Å². The van der Waals surface area contributed by atoms with Crippen LogP contribution in [-0.2, 0) is 19.4 Å². The largest absolute Gasteiger partial charge is 0.497 e. The Kier molecular flexibility index (Phi) is 6.80. The molecule has 4 nitrogen and oxygen atoms in total. The maximum absolute atomic E-state index is 13.5. The van der Waals surface area contributed by atoms with E-state index in [9.17, 15) is 4.79 Å². The van der Waals surface area contributed by atoms with Gasteiger partial charge in [0.15, 0.2) is 0 Å². The topological polar surface area (TPSA) is 38.8 Å². The molecule has 1 unspecified atom stereocenters. The summed E-state index contributed by atoms with van der Waals surface area (Å²) < 4.78 is 11.4. The molecule has 0 aromatic heterocycles. The minimum absolute atomic E-state index is 0.0477. The lowest BCUT2D eigenvalue weighted by Gasteiger charge is -2.38. The van der Waals surface area contributed by atoms with Crippen molar-refractivity contribution in [3.63, 3.8) is 0 Å². The summed E-state index contributed by atoms with van der Waals surface area (Å²) in [6, 6.07) is 34.1. The summed E-state index contributed by atoms with van der Waals surface area (Å²) in [5.74, 6) is 1.76. The lowest BCUT2D eigenvalue weighted by Crippen LogP contribution is -2.41. The Morgan fingerprint density at radius 2 is 1.51 bits per heavy atom. The number of methoxy groups -OCH3 is 1. The van der Waals surface area contributed by atoms with Crippen molar-refractivity contribution < 1.29 is 14.3 Å². The van der Waals surface area contributed by atoms with Gasteiger partial charge in [0.2, 0.25) is 0 Å². The molecule has 0 saturated heterocycles. The van der Waals surface area contributed by atoms with Gasteiger partial charge in [0.1, 0.15) is 18.1 Å². The Hall–Kier alpha value is -4.05. The third kappa shape index (κ3) is 5.22. The second-order valence-electron chi connectivity index (χ2n) is 8.82. The average molecular weight is 464 g/mol. The molecule has 0 saturated carbocycles. The van der Waals surface area contributed by atoms with Crippen LogP contribution in [0.2, 0.25) is 0 Å². The second-order valence-corrected chi connectivity index (χ2v) is 8.82. The number of hydrogen-bond donors (Lipinski definition) is 0. The molecule has 0 radical (unpaired) electrons. The van der Waals surface area contributed by atoms with Gasteiger partial charge in [-0.15, -0.1) is 0 Å². The standard InChI is InChI=1S/C31H29NO3/c1-34-28-16-17-29-26(21-28)18-19-32(31(33)25-10-6-3-7-11-25)30(29)20-23-12-14-27(15-13-23)35-22-24-8-4-2-5-9-24/h2-17,21,30H,18-20,22H2,1H3. The fourth-order valence-corrected chi connectivity index (χ4v) is 4.71. The Morgan fingerprint density at radius 1 is 0.829 bits per heavy atom. The predicted octanol–water partition coefficient (Wildman–Crippen LogP) is 6.26. The molecule has 0 N–H and O–H groups in total. The number of amides is 1. The van der Waals surface area contributed by atoms with Crippen LogP contribution in [0, 0.1) is 0 Å². The van der Waals surface area contributed by atoms with Crippen molar-refractivity contribution in [2.45, 2.75) is 25.5 Å². The number of nitrogens with zero attached hydrogens (tertiary/aromatic N) is 1. The van der Waals surface area contributed by atoms with E-state index in [1.54, 1.807) is 7.11 Å². The molecule has 5 rings (SSSR count). The van der Waals surface area contributed by atoms with Crippen molar-refractivity contribution in [2.24, 2.45) is 0 Å². The lowest BCUT2D eigenvalue weighted by atomic mass is 9.88. The van der Waals surface area contributed by atoms with Crippen LogP contribution in [-0.4, -0.2) is 24.5 Å². The summed E-state index contributed by atoms with van der Waals surface area (Å²) in [4.78, 5) is 15.5. The molecule has 4 heteroatoms. The molecule has 4 aromatic rings. The van der Waals surface area contributed by atoms with Crippen molar-refractivity contribution in [1.82, 2.24) is 4.90 Å². The Labute approximate surface area is 206 Å². The fourth-order valence-electron chi connectivity index (χ4n) is 4.71. The Balaban J connectivity index is 1.38. The highest BCUT2D eigenvalue weighted by atomic mass is 16.5. The number of benzene rings is 4. The van der Waals surface area contributed by atoms with Crippen LogP contribution in [0.25, 0.3) is 0 Å². The highest BCUT2D eigenvalue weighted by molar-refractivity contribution is 5.94. The molecule has 1 aliphatic rings. The van der Waals surface area contributed by atoms with Crippen LogP contribution in [0.5, 0.6) is 11.5 Å². The summed E-state index contributed by atoms with van der Waals surface area (Å²) in [5.41, 5.74) is 5.46. The number of carbonyl (C=O) groups is 1. The van der Waals surface area contributed by atoms with E-state index >= 15 is 0 Å². The van der Waals surface area contributed by atoms with E-state index in [2.05, 4.69) is 36.4 Å². The van der Waals surface area contributed by atoms with Gasteiger partial charge in [-0.25, -0.2) is 0 Å². The number of ether oxygens (including phenoxy) is 2. The molecule has 35 heavy (non-hydrogen) atoms. The molecule has 0 bridgehead atoms. The van der Waals surface area contributed by atoms with Crippen molar-refractivity contribution in [3.8, 4) is 11.5 Å². The van der Waals surface area contributed by atoms with Gasteiger partial charge in [0, 0.05) is 12.1 Å². The van der Waals surface area contributed by atoms with Gasteiger partial charge in [0.25, 0.3) is 5.91 Å². The molecule has 0 aliphatic carbocycles. The first kappa shape index (κ1) is 22.7. The van der Waals surface area contributed by atoms with E-state index < -0.39 is 0 Å². The fraction of sp³-hybridized carbons (Fsp3) is 0.194. The molecule has 4 aromatic carbocycles. The molecule has 1 amide bonds. The van der Waals surface area contributed by atoms with Crippen molar-refractivity contribution in [2.75, 3.05) is 13.7 Å². The number of hydrogen-bond acceptors (Lipinski definition) is 3. The molecule has 0 fully saturated rings. The maximum Gasteiger partial charge on any atom is 0.254 e.